The summed E-state index contributed by atoms with van der Waals surface area (Å²) in [6.45, 7) is 1.85. The van der Waals surface area contributed by atoms with Gasteiger partial charge in [-0.15, -0.1) is 0 Å². The van der Waals surface area contributed by atoms with Gasteiger partial charge in [0.15, 0.2) is 0 Å². The molecule has 0 aliphatic heterocycles. The van der Waals surface area contributed by atoms with E-state index in [1.807, 2.05) is 6.92 Å². The SMILES string of the molecule is COC(C)CC1(S(=O)(=O)Cl)CC1. The first-order valence-corrected chi connectivity index (χ1v) is 6.19. The molecule has 1 saturated carbocycles. The molecule has 0 saturated heterocycles. The number of rotatable bonds is 4. The van der Waals surface area contributed by atoms with E-state index < -0.39 is 13.8 Å². The van der Waals surface area contributed by atoms with Crippen molar-refractivity contribution in [2.24, 2.45) is 0 Å². The topological polar surface area (TPSA) is 43.4 Å². The van der Waals surface area contributed by atoms with Gasteiger partial charge in [0.25, 0.3) is 0 Å². The lowest BCUT2D eigenvalue weighted by Crippen LogP contribution is -2.24. The van der Waals surface area contributed by atoms with E-state index >= 15 is 0 Å². The van der Waals surface area contributed by atoms with Gasteiger partial charge in [-0.3, -0.25) is 0 Å². The monoisotopic (exact) mass is 212 g/mol. The molecule has 1 aliphatic carbocycles. The Hall–Kier alpha value is 0.200. The smallest absolute Gasteiger partial charge is 0.238 e. The van der Waals surface area contributed by atoms with Gasteiger partial charge in [0.2, 0.25) is 9.05 Å². The van der Waals surface area contributed by atoms with E-state index in [1.165, 1.54) is 0 Å². The molecule has 0 spiro atoms. The van der Waals surface area contributed by atoms with Gasteiger partial charge in [0, 0.05) is 17.8 Å². The molecule has 1 atom stereocenters. The maximum atomic E-state index is 11.1. The van der Waals surface area contributed by atoms with Gasteiger partial charge >= 0.3 is 0 Å². The summed E-state index contributed by atoms with van der Waals surface area (Å²) in [6, 6.07) is 0. The van der Waals surface area contributed by atoms with Crippen LogP contribution in [-0.4, -0.2) is 26.4 Å². The third-order valence-corrected chi connectivity index (χ3v) is 4.98. The summed E-state index contributed by atoms with van der Waals surface area (Å²) in [5.41, 5.74) is 0. The summed E-state index contributed by atoms with van der Waals surface area (Å²) in [5.74, 6) is 0. The Morgan fingerprint density at radius 3 is 2.33 bits per heavy atom. The molecule has 1 rings (SSSR count). The molecule has 0 aromatic heterocycles. The van der Waals surface area contributed by atoms with E-state index in [9.17, 15) is 8.42 Å². The molecule has 5 heteroatoms. The van der Waals surface area contributed by atoms with Crippen molar-refractivity contribution in [2.75, 3.05) is 7.11 Å². The van der Waals surface area contributed by atoms with E-state index in [0.29, 0.717) is 19.3 Å². The fourth-order valence-electron chi connectivity index (χ4n) is 1.29. The third kappa shape index (κ3) is 1.92. The second kappa shape index (κ2) is 3.16. The fourth-order valence-corrected chi connectivity index (χ4v) is 2.97. The first-order chi connectivity index (χ1) is 5.41. The van der Waals surface area contributed by atoms with Crippen LogP contribution in [-0.2, 0) is 13.8 Å². The van der Waals surface area contributed by atoms with Gasteiger partial charge in [-0.1, -0.05) is 0 Å². The summed E-state index contributed by atoms with van der Waals surface area (Å²) in [5, 5.41) is 0. The normalized spacial score (nSPS) is 23.6. The molecule has 1 aliphatic rings. The van der Waals surface area contributed by atoms with Crippen LogP contribution < -0.4 is 0 Å². The Kier molecular flexibility index (Phi) is 2.71. The predicted molar refractivity (Wildman–Crippen MR) is 47.8 cm³/mol. The summed E-state index contributed by atoms with van der Waals surface area (Å²) in [7, 11) is 3.47. The zero-order chi connectivity index (χ0) is 9.41. The highest BCUT2D eigenvalue weighted by molar-refractivity contribution is 8.15. The highest BCUT2D eigenvalue weighted by Gasteiger charge is 2.54. The van der Waals surface area contributed by atoms with Crippen molar-refractivity contribution in [3.05, 3.63) is 0 Å². The largest absolute Gasteiger partial charge is 0.382 e. The molecule has 0 aromatic rings. The lowest BCUT2D eigenvalue weighted by atomic mass is 10.2. The van der Waals surface area contributed by atoms with Crippen molar-refractivity contribution in [1.29, 1.82) is 0 Å². The molecule has 3 nitrogen and oxygen atoms in total. The van der Waals surface area contributed by atoms with E-state index in [-0.39, 0.29) is 6.10 Å². The van der Waals surface area contributed by atoms with Crippen molar-refractivity contribution >= 4 is 19.7 Å². The van der Waals surface area contributed by atoms with Gasteiger partial charge in [-0.25, -0.2) is 8.42 Å². The summed E-state index contributed by atoms with van der Waals surface area (Å²) in [4.78, 5) is 0. The van der Waals surface area contributed by atoms with Crippen LogP contribution in [0.15, 0.2) is 0 Å². The summed E-state index contributed by atoms with van der Waals surface area (Å²) >= 11 is 0. The molecule has 1 fully saturated rings. The molecule has 0 aromatic carbocycles. The molecule has 0 heterocycles. The minimum atomic E-state index is -3.40. The molecule has 72 valence electrons. The molecular formula is C7H13ClO3S. The zero-order valence-electron chi connectivity index (χ0n) is 7.21. The minimum Gasteiger partial charge on any atom is -0.382 e. The Morgan fingerprint density at radius 1 is 1.58 bits per heavy atom. The molecule has 1 unspecified atom stereocenters. The number of hydrogen-bond acceptors (Lipinski definition) is 3. The Balaban J connectivity index is 2.63. The number of ether oxygens (including phenoxy) is 1. The summed E-state index contributed by atoms with van der Waals surface area (Å²) in [6.07, 6.45) is 1.81. The van der Waals surface area contributed by atoms with Crippen LogP contribution in [0.25, 0.3) is 0 Å². The van der Waals surface area contributed by atoms with Crippen LogP contribution in [0.4, 0.5) is 0 Å². The number of methoxy groups -OCH3 is 1. The van der Waals surface area contributed by atoms with Gasteiger partial charge in [-0.05, 0) is 26.2 Å². The van der Waals surface area contributed by atoms with Crippen molar-refractivity contribution in [2.45, 2.75) is 37.0 Å². The molecule has 0 radical (unpaired) electrons. The van der Waals surface area contributed by atoms with Crippen molar-refractivity contribution in [3.8, 4) is 0 Å². The standard InChI is InChI=1S/C7H13ClO3S/c1-6(11-2)5-7(3-4-7)12(8,9)10/h6H,3-5H2,1-2H3. The quantitative estimate of drug-likeness (QED) is 0.664. The molecule has 12 heavy (non-hydrogen) atoms. The average molecular weight is 213 g/mol. The van der Waals surface area contributed by atoms with Crippen LogP contribution in [0.3, 0.4) is 0 Å². The van der Waals surface area contributed by atoms with Crippen molar-refractivity contribution in [1.82, 2.24) is 0 Å². The summed E-state index contributed by atoms with van der Waals surface area (Å²) < 4.78 is 26.5. The lowest BCUT2D eigenvalue weighted by Gasteiger charge is -2.15. The Bertz CT molecular complexity index is 256. The fraction of sp³-hybridized carbons (Fsp3) is 1.00. The van der Waals surface area contributed by atoms with Crippen molar-refractivity contribution in [3.63, 3.8) is 0 Å². The van der Waals surface area contributed by atoms with Crippen LogP contribution in [0, 0.1) is 0 Å². The first kappa shape index (κ1) is 10.3. The average Bonchev–Trinajstić information content (AvgIpc) is 2.67. The van der Waals surface area contributed by atoms with E-state index in [0.717, 1.165) is 0 Å². The third-order valence-electron chi connectivity index (χ3n) is 2.39. The van der Waals surface area contributed by atoms with Gasteiger partial charge in [0.05, 0.1) is 10.9 Å². The molecular weight excluding hydrogens is 200 g/mol. The van der Waals surface area contributed by atoms with Crippen LogP contribution in [0.2, 0.25) is 0 Å². The predicted octanol–water partition coefficient (Wildman–Crippen LogP) is 1.51. The maximum Gasteiger partial charge on any atom is 0.238 e. The first-order valence-electron chi connectivity index (χ1n) is 3.88. The second-order valence-electron chi connectivity index (χ2n) is 3.37. The number of halogens is 1. The van der Waals surface area contributed by atoms with E-state index in [2.05, 4.69) is 0 Å². The van der Waals surface area contributed by atoms with Gasteiger partial charge in [-0.2, -0.15) is 0 Å². The van der Waals surface area contributed by atoms with Crippen LogP contribution in [0.1, 0.15) is 26.2 Å². The minimum absolute atomic E-state index is 0.0407. The van der Waals surface area contributed by atoms with Crippen molar-refractivity contribution < 1.29 is 13.2 Å². The van der Waals surface area contributed by atoms with Gasteiger partial charge < -0.3 is 4.74 Å². The Morgan fingerprint density at radius 2 is 2.08 bits per heavy atom. The lowest BCUT2D eigenvalue weighted by molar-refractivity contribution is 0.108. The van der Waals surface area contributed by atoms with Crippen LogP contribution in [0.5, 0.6) is 0 Å². The zero-order valence-corrected chi connectivity index (χ0v) is 8.78. The highest BCUT2D eigenvalue weighted by atomic mass is 35.7. The second-order valence-corrected chi connectivity index (χ2v) is 6.33. The number of hydrogen-bond donors (Lipinski definition) is 0. The van der Waals surface area contributed by atoms with Gasteiger partial charge in [0.1, 0.15) is 0 Å². The molecule has 0 amide bonds. The van der Waals surface area contributed by atoms with E-state index in [4.69, 9.17) is 15.4 Å². The van der Waals surface area contributed by atoms with Crippen LogP contribution >= 0.6 is 10.7 Å². The molecule has 0 bridgehead atoms. The maximum absolute atomic E-state index is 11.1. The molecule has 0 N–H and O–H groups in total. The van der Waals surface area contributed by atoms with E-state index in [1.54, 1.807) is 7.11 Å². The highest BCUT2D eigenvalue weighted by Crippen LogP contribution is 2.49. The Labute approximate surface area is 77.5 Å².